The fraction of sp³-hybridized carbons (Fsp3) is 0.750. The summed E-state index contributed by atoms with van der Waals surface area (Å²) in [5.41, 5.74) is 0.440. The average molecular weight is 111 g/mol. The molecule has 8 heavy (non-hydrogen) atoms. The zero-order valence-electron chi connectivity index (χ0n) is 6.07. The van der Waals surface area contributed by atoms with Gasteiger partial charge in [-0.3, -0.25) is 0 Å². The summed E-state index contributed by atoms with van der Waals surface area (Å²) < 4.78 is 0. The lowest BCUT2D eigenvalue weighted by molar-refractivity contribution is 0.381. The van der Waals surface area contributed by atoms with E-state index in [2.05, 4.69) is 20.8 Å². The van der Waals surface area contributed by atoms with Crippen LogP contribution in [-0.4, -0.2) is 0 Å². The Balaban J connectivity index is 3.24. The fourth-order valence-electron chi connectivity index (χ4n) is 0.516. The smallest absolute Gasteiger partial charge is 0.0343 e. The van der Waals surface area contributed by atoms with Gasteiger partial charge < -0.3 is 0 Å². The van der Waals surface area contributed by atoms with Crippen molar-refractivity contribution >= 4 is 0 Å². The molecule has 0 unspecified atom stereocenters. The van der Waals surface area contributed by atoms with Crippen LogP contribution in [0.15, 0.2) is 6.08 Å². The Morgan fingerprint density at radius 1 is 1.38 bits per heavy atom. The Hall–Kier alpha value is -0.260. The van der Waals surface area contributed by atoms with Crippen molar-refractivity contribution in [3.05, 3.63) is 12.7 Å². The summed E-state index contributed by atoms with van der Waals surface area (Å²) in [6, 6.07) is 0. The largest absolute Gasteiger partial charge is 0.0845 e. The minimum Gasteiger partial charge on any atom is -0.0845 e. The lowest BCUT2D eigenvalue weighted by Gasteiger charge is -2.15. The predicted octanol–water partition coefficient (Wildman–Crippen LogP) is 2.80. The van der Waals surface area contributed by atoms with E-state index in [9.17, 15) is 0 Å². The Bertz CT molecular complexity index is 64.6. The van der Waals surface area contributed by atoms with Gasteiger partial charge in [-0.05, 0) is 18.3 Å². The van der Waals surface area contributed by atoms with Crippen LogP contribution in [0.2, 0.25) is 0 Å². The van der Waals surface area contributed by atoms with E-state index in [1.165, 1.54) is 6.42 Å². The van der Waals surface area contributed by atoms with Crippen molar-refractivity contribution in [2.24, 2.45) is 5.41 Å². The van der Waals surface area contributed by atoms with Gasteiger partial charge in [-0.2, -0.15) is 0 Å². The number of hydrogen-bond acceptors (Lipinski definition) is 0. The second kappa shape index (κ2) is 2.91. The van der Waals surface area contributed by atoms with Gasteiger partial charge in [-0.15, -0.1) is 0 Å². The molecule has 1 radical (unpaired) electrons. The molecular formula is C8H15. The van der Waals surface area contributed by atoms with Crippen LogP contribution in [0.5, 0.6) is 0 Å². The van der Waals surface area contributed by atoms with Crippen LogP contribution >= 0.6 is 0 Å². The van der Waals surface area contributed by atoms with Crippen molar-refractivity contribution in [3.63, 3.8) is 0 Å². The van der Waals surface area contributed by atoms with E-state index in [1.807, 2.05) is 0 Å². The van der Waals surface area contributed by atoms with Gasteiger partial charge in [-0.1, -0.05) is 33.4 Å². The molecule has 0 saturated heterocycles. The minimum atomic E-state index is 0.440. The van der Waals surface area contributed by atoms with E-state index in [0.717, 1.165) is 6.42 Å². The summed E-state index contributed by atoms with van der Waals surface area (Å²) >= 11 is 0. The van der Waals surface area contributed by atoms with Gasteiger partial charge in [0.1, 0.15) is 0 Å². The van der Waals surface area contributed by atoms with Gasteiger partial charge in [0.05, 0.1) is 0 Å². The molecule has 0 fully saturated rings. The molecule has 0 aromatic heterocycles. The molecular weight excluding hydrogens is 96.1 g/mol. The lowest BCUT2D eigenvalue weighted by Crippen LogP contribution is -2.02. The molecule has 0 amide bonds. The predicted molar refractivity (Wildman–Crippen MR) is 37.6 cm³/mol. The molecule has 0 atom stereocenters. The Morgan fingerprint density at radius 3 is 2.00 bits per heavy atom. The summed E-state index contributed by atoms with van der Waals surface area (Å²) in [7, 11) is 0. The molecule has 0 heteroatoms. The van der Waals surface area contributed by atoms with E-state index >= 15 is 0 Å². The number of allylic oxidation sites excluding steroid dienone is 1. The molecule has 0 spiro atoms. The van der Waals surface area contributed by atoms with Crippen molar-refractivity contribution in [2.75, 3.05) is 0 Å². The Kier molecular flexibility index (Phi) is 2.81. The van der Waals surface area contributed by atoms with Crippen LogP contribution < -0.4 is 0 Å². The third-order valence-corrected chi connectivity index (χ3v) is 1.06. The summed E-state index contributed by atoms with van der Waals surface area (Å²) in [6.07, 6.45) is 3.94. The minimum absolute atomic E-state index is 0.440. The zero-order chi connectivity index (χ0) is 6.62. The molecule has 0 rings (SSSR count). The first-order valence-electron chi connectivity index (χ1n) is 3.10. The summed E-state index contributed by atoms with van der Waals surface area (Å²) in [5.74, 6) is 0. The van der Waals surface area contributed by atoms with Crippen LogP contribution in [0, 0.1) is 12.0 Å². The third kappa shape index (κ3) is 5.74. The van der Waals surface area contributed by atoms with Crippen LogP contribution in [0.3, 0.4) is 0 Å². The van der Waals surface area contributed by atoms with E-state index in [0.29, 0.717) is 5.41 Å². The fourth-order valence-corrected chi connectivity index (χ4v) is 0.516. The second-order valence-electron chi connectivity index (χ2n) is 3.34. The van der Waals surface area contributed by atoms with Crippen molar-refractivity contribution in [1.82, 2.24) is 0 Å². The highest BCUT2D eigenvalue weighted by Gasteiger charge is 2.06. The van der Waals surface area contributed by atoms with Gasteiger partial charge in [-0.25, -0.2) is 0 Å². The average Bonchev–Trinajstić information content (AvgIpc) is 1.59. The van der Waals surface area contributed by atoms with E-state index in [4.69, 9.17) is 6.58 Å². The first-order chi connectivity index (χ1) is 3.56. The van der Waals surface area contributed by atoms with Gasteiger partial charge in [0.25, 0.3) is 0 Å². The molecule has 0 aliphatic rings. The zero-order valence-corrected chi connectivity index (χ0v) is 6.07. The van der Waals surface area contributed by atoms with Crippen molar-refractivity contribution in [1.29, 1.82) is 0 Å². The molecule has 0 saturated carbocycles. The maximum Gasteiger partial charge on any atom is -0.0343 e. The maximum atomic E-state index is 5.21. The van der Waals surface area contributed by atoms with Crippen LogP contribution in [0.1, 0.15) is 33.6 Å². The molecule has 47 valence electrons. The molecule has 0 nitrogen and oxygen atoms in total. The van der Waals surface area contributed by atoms with Gasteiger partial charge in [0, 0.05) is 0 Å². The molecule has 0 bridgehead atoms. The van der Waals surface area contributed by atoms with Crippen LogP contribution in [0.25, 0.3) is 0 Å². The highest BCUT2D eigenvalue weighted by Crippen LogP contribution is 2.19. The van der Waals surface area contributed by atoms with Crippen molar-refractivity contribution < 1.29 is 0 Å². The standard InChI is InChI=1S/C8H15/c1-5-6-7-8(2,3)4/h1,5H,6-7H2,2-4H3. The maximum absolute atomic E-state index is 5.21. The van der Waals surface area contributed by atoms with E-state index in [-0.39, 0.29) is 0 Å². The summed E-state index contributed by atoms with van der Waals surface area (Å²) in [6.45, 7) is 11.9. The second-order valence-corrected chi connectivity index (χ2v) is 3.34. The van der Waals surface area contributed by atoms with Crippen LogP contribution in [-0.2, 0) is 0 Å². The van der Waals surface area contributed by atoms with E-state index in [1.54, 1.807) is 6.08 Å². The molecule has 0 aromatic carbocycles. The third-order valence-electron chi connectivity index (χ3n) is 1.06. The number of rotatable bonds is 2. The summed E-state index contributed by atoms with van der Waals surface area (Å²) in [5, 5.41) is 0. The highest BCUT2D eigenvalue weighted by atomic mass is 14.1. The normalized spacial score (nSPS) is 11.4. The van der Waals surface area contributed by atoms with Gasteiger partial charge in [0.15, 0.2) is 0 Å². The topological polar surface area (TPSA) is 0 Å². The number of hydrogen-bond donors (Lipinski definition) is 0. The molecule has 0 heterocycles. The summed E-state index contributed by atoms with van der Waals surface area (Å²) in [4.78, 5) is 0. The lowest BCUT2D eigenvalue weighted by atomic mass is 9.91. The van der Waals surface area contributed by atoms with Crippen molar-refractivity contribution in [3.8, 4) is 0 Å². The highest BCUT2D eigenvalue weighted by molar-refractivity contribution is 4.69. The molecule has 0 N–H and O–H groups in total. The first-order valence-corrected chi connectivity index (χ1v) is 3.10. The SMILES string of the molecule is [CH]=CCCC(C)(C)C. The quantitative estimate of drug-likeness (QED) is 0.514. The van der Waals surface area contributed by atoms with Gasteiger partial charge >= 0.3 is 0 Å². The van der Waals surface area contributed by atoms with E-state index < -0.39 is 0 Å². The molecule has 0 aliphatic heterocycles. The molecule has 0 aromatic rings. The van der Waals surface area contributed by atoms with Gasteiger partial charge in [0.2, 0.25) is 0 Å². The molecule has 0 aliphatic carbocycles. The van der Waals surface area contributed by atoms with Crippen LogP contribution in [0.4, 0.5) is 0 Å². The van der Waals surface area contributed by atoms with Crippen molar-refractivity contribution in [2.45, 2.75) is 33.6 Å². The Morgan fingerprint density at radius 2 is 1.88 bits per heavy atom. The first kappa shape index (κ1) is 7.74. The Labute approximate surface area is 52.6 Å². The monoisotopic (exact) mass is 111 g/mol.